The van der Waals surface area contributed by atoms with E-state index in [9.17, 15) is 0 Å². The second-order valence-electron chi connectivity index (χ2n) is 5.19. The summed E-state index contributed by atoms with van der Waals surface area (Å²) in [5.41, 5.74) is 3.33. The highest BCUT2D eigenvalue weighted by atomic mass is 16.5. The van der Waals surface area contributed by atoms with Gasteiger partial charge in [-0.25, -0.2) is 0 Å². The molecule has 0 aliphatic carbocycles. The van der Waals surface area contributed by atoms with Crippen molar-refractivity contribution in [3.8, 4) is 17.6 Å². The molecule has 0 bridgehead atoms. The van der Waals surface area contributed by atoms with E-state index < -0.39 is 0 Å². The first kappa shape index (κ1) is 15.2. The van der Waals surface area contributed by atoms with E-state index in [0.717, 1.165) is 29.8 Å². The number of ether oxygens (including phenoxy) is 1. The molecule has 21 heavy (non-hydrogen) atoms. The van der Waals surface area contributed by atoms with E-state index in [2.05, 4.69) is 36.9 Å². The standard InChI is InChI=1S/C19H21NO/c1-20(2)14-13-18-15-19(21-3)12-11-17(18)10-9-16-7-5-4-6-8-16/h4-8,11-12,15H,13-14H2,1-3H3. The van der Waals surface area contributed by atoms with Crippen molar-refractivity contribution in [2.24, 2.45) is 0 Å². The molecule has 0 saturated carbocycles. The second-order valence-corrected chi connectivity index (χ2v) is 5.19. The van der Waals surface area contributed by atoms with Crippen LogP contribution in [-0.4, -0.2) is 32.6 Å². The fourth-order valence-electron chi connectivity index (χ4n) is 2.03. The Kier molecular flexibility index (Phi) is 5.43. The second kappa shape index (κ2) is 7.52. The number of hydrogen-bond donors (Lipinski definition) is 0. The number of methoxy groups -OCH3 is 1. The zero-order valence-electron chi connectivity index (χ0n) is 12.9. The summed E-state index contributed by atoms with van der Waals surface area (Å²) < 4.78 is 5.32. The highest BCUT2D eigenvalue weighted by molar-refractivity contribution is 5.49. The van der Waals surface area contributed by atoms with Crippen LogP contribution in [0, 0.1) is 11.8 Å². The summed E-state index contributed by atoms with van der Waals surface area (Å²) in [4.78, 5) is 2.17. The van der Waals surface area contributed by atoms with Crippen LogP contribution in [-0.2, 0) is 6.42 Å². The van der Waals surface area contributed by atoms with Crippen molar-refractivity contribution in [3.63, 3.8) is 0 Å². The van der Waals surface area contributed by atoms with E-state index in [4.69, 9.17) is 4.74 Å². The molecule has 2 heteroatoms. The number of benzene rings is 2. The van der Waals surface area contributed by atoms with Gasteiger partial charge in [-0.05, 0) is 56.4 Å². The molecule has 0 aliphatic rings. The van der Waals surface area contributed by atoms with E-state index >= 15 is 0 Å². The van der Waals surface area contributed by atoms with Crippen LogP contribution in [0.5, 0.6) is 5.75 Å². The maximum atomic E-state index is 5.32. The Morgan fingerprint density at radius 2 is 1.76 bits per heavy atom. The molecule has 2 aromatic rings. The van der Waals surface area contributed by atoms with E-state index in [-0.39, 0.29) is 0 Å². The summed E-state index contributed by atoms with van der Waals surface area (Å²) in [6, 6.07) is 16.1. The monoisotopic (exact) mass is 279 g/mol. The summed E-state index contributed by atoms with van der Waals surface area (Å²) in [7, 11) is 5.85. The zero-order valence-corrected chi connectivity index (χ0v) is 12.9. The molecule has 0 heterocycles. The number of rotatable bonds is 4. The first-order valence-electron chi connectivity index (χ1n) is 7.08. The SMILES string of the molecule is COc1ccc(C#Cc2ccccc2)c(CCN(C)C)c1. The number of nitrogens with zero attached hydrogens (tertiary/aromatic N) is 1. The molecule has 0 spiro atoms. The topological polar surface area (TPSA) is 12.5 Å². The average Bonchev–Trinajstić information content (AvgIpc) is 2.52. The van der Waals surface area contributed by atoms with E-state index in [1.165, 1.54) is 5.56 Å². The first-order chi connectivity index (χ1) is 10.2. The van der Waals surface area contributed by atoms with Gasteiger partial charge in [0.05, 0.1) is 7.11 Å². The van der Waals surface area contributed by atoms with Crippen molar-refractivity contribution >= 4 is 0 Å². The van der Waals surface area contributed by atoms with Crippen LogP contribution in [0.1, 0.15) is 16.7 Å². The molecule has 0 aromatic heterocycles. The highest BCUT2D eigenvalue weighted by Crippen LogP contribution is 2.18. The lowest BCUT2D eigenvalue weighted by Crippen LogP contribution is -2.15. The minimum atomic E-state index is 0.883. The summed E-state index contributed by atoms with van der Waals surface area (Å²) >= 11 is 0. The first-order valence-corrected chi connectivity index (χ1v) is 7.08. The Morgan fingerprint density at radius 3 is 2.43 bits per heavy atom. The molecule has 0 fully saturated rings. The third kappa shape index (κ3) is 4.66. The minimum absolute atomic E-state index is 0.883. The highest BCUT2D eigenvalue weighted by Gasteiger charge is 2.03. The van der Waals surface area contributed by atoms with Gasteiger partial charge in [0, 0.05) is 17.7 Å². The molecule has 2 rings (SSSR count). The van der Waals surface area contributed by atoms with Gasteiger partial charge < -0.3 is 9.64 Å². The summed E-state index contributed by atoms with van der Waals surface area (Å²) in [5, 5.41) is 0. The van der Waals surface area contributed by atoms with Crippen LogP contribution in [0.4, 0.5) is 0 Å². The number of likely N-dealkylation sites (N-methyl/N-ethyl adjacent to an activating group) is 1. The van der Waals surface area contributed by atoms with Gasteiger partial charge in [-0.1, -0.05) is 30.0 Å². The molecule has 0 atom stereocenters. The summed E-state index contributed by atoms with van der Waals surface area (Å²) in [6.45, 7) is 0.993. The van der Waals surface area contributed by atoms with Crippen molar-refractivity contribution in [1.82, 2.24) is 4.90 Å². The Morgan fingerprint density at radius 1 is 1.00 bits per heavy atom. The maximum absolute atomic E-state index is 5.32. The van der Waals surface area contributed by atoms with E-state index in [0.29, 0.717) is 0 Å². The summed E-state index contributed by atoms with van der Waals surface area (Å²) in [6.07, 6.45) is 0.961. The van der Waals surface area contributed by atoms with Crippen LogP contribution in [0.15, 0.2) is 48.5 Å². The van der Waals surface area contributed by atoms with Crippen molar-refractivity contribution in [2.45, 2.75) is 6.42 Å². The predicted octanol–water partition coefficient (Wildman–Crippen LogP) is 3.20. The molecule has 2 aromatic carbocycles. The molecule has 0 aliphatic heterocycles. The van der Waals surface area contributed by atoms with E-state index in [1.807, 2.05) is 42.5 Å². The van der Waals surface area contributed by atoms with Gasteiger partial charge in [-0.15, -0.1) is 0 Å². The molecule has 0 unspecified atom stereocenters. The van der Waals surface area contributed by atoms with Crippen LogP contribution in [0.25, 0.3) is 0 Å². The van der Waals surface area contributed by atoms with Crippen LogP contribution in [0.2, 0.25) is 0 Å². The normalized spacial score (nSPS) is 10.1. The molecular weight excluding hydrogens is 258 g/mol. The lowest BCUT2D eigenvalue weighted by molar-refractivity contribution is 0.407. The molecule has 0 radical (unpaired) electrons. The van der Waals surface area contributed by atoms with Crippen molar-refractivity contribution < 1.29 is 4.74 Å². The average molecular weight is 279 g/mol. The lowest BCUT2D eigenvalue weighted by atomic mass is 10.0. The van der Waals surface area contributed by atoms with Gasteiger partial charge in [0.2, 0.25) is 0 Å². The maximum Gasteiger partial charge on any atom is 0.119 e. The molecule has 108 valence electrons. The minimum Gasteiger partial charge on any atom is -0.497 e. The largest absolute Gasteiger partial charge is 0.497 e. The Bertz CT molecular complexity index is 636. The van der Waals surface area contributed by atoms with Gasteiger partial charge in [0.1, 0.15) is 5.75 Å². The lowest BCUT2D eigenvalue weighted by Gasteiger charge is -2.11. The molecule has 0 N–H and O–H groups in total. The van der Waals surface area contributed by atoms with Crippen LogP contribution < -0.4 is 4.74 Å². The quantitative estimate of drug-likeness (QED) is 0.797. The molecular formula is C19H21NO. The van der Waals surface area contributed by atoms with Gasteiger partial charge in [-0.2, -0.15) is 0 Å². The van der Waals surface area contributed by atoms with E-state index in [1.54, 1.807) is 7.11 Å². The fraction of sp³-hybridized carbons (Fsp3) is 0.263. The Balaban J connectivity index is 2.27. The van der Waals surface area contributed by atoms with Gasteiger partial charge in [0.15, 0.2) is 0 Å². The fourth-order valence-corrected chi connectivity index (χ4v) is 2.03. The Labute approximate surface area is 127 Å². The Hall–Kier alpha value is -2.24. The van der Waals surface area contributed by atoms with Gasteiger partial charge in [-0.3, -0.25) is 0 Å². The van der Waals surface area contributed by atoms with Crippen LogP contribution >= 0.6 is 0 Å². The molecule has 0 saturated heterocycles. The third-order valence-corrected chi connectivity index (χ3v) is 3.26. The van der Waals surface area contributed by atoms with Crippen LogP contribution in [0.3, 0.4) is 0 Å². The third-order valence-electron chi connectivity index (χ3n) is 3.26. The van der Waals surface area contributed by atoms with Gasteiger partial charge >= 0.3 is 0 Å². The van der Waals surface area contributed by atoms with Crippen molar-refractivity contribution in [1.29, 1.82) is 0 Å². The number of hydrogen-bond acceptors (Lipinski definition) is 2. The zero-order chi connectivity index (χ0) is 15.1. The smallest absolute Gasteiger partial charge is 0.119 e. The van der Waals surface area contributed by atoms with Crippen molar-refractivity contribution in [2.75, 3.05) is 27.7 Å². The molecule has 0 amide bonds. The van der Waals surface area contributed by atoms with Crippen molar-refractivity contribution in [3.05, 3.63) is 65.2 Å². The molecule has 2 nitrogen and oxygen atoms in total. The predicted molar refractivity (Wildman–Crippen MR) is 87.7 cm³/mol. The van der Waals surface area contributed by atoms with Gasteiger partial charge in [0.25, 0.3) is 0 Å². The summed E-state index contributed by atoms with van der Waals surface area (Å²) in [5.74, 6) is 7.39.